The van der Waals surface area contributed by atoms with Gasteiger partial charge in [0.1, 0.15) is 17.5 Å². The van der Waals surface area contributed by atoms with Gasteiger partial charge in [0.2, 0.25) is 0 Å². The fourth-order valence-electron chi connectivity index (χ4n) is 4.10. The van der Waals surface area contributed by atoms with E-state index in [1.807, 2.05) is 18.7 Å². The number of carbonyl (C=O) groups excluding carboxylic acids is 1. The topological polar surface area (TPSA) is 61.4 Å². The predicted molar refractivity (Wildman–Crippen MR) is 132 cm³/mol. The number of benzene rings is 1. The number of aromatic nitrogens is 2. The lowest BCUT2D eigenvalue weighted by atomic mass is 10.0. The lowest BCUT2D eigenvalue weighted by Crippen LogP contribution is -2.53. The highest BCUT2D eigenvalue weighted by Gasteiger charge is 2.26. The molecule has 1 aromatic carbocycles. The lowest BCUT2D eigenvalue weighted by Gasteiger charge is -2.37. The molecule has 0 atom stereocenters. The molecule has 33 heavy (non-hydrogen) atoms. The highest BCUT2D eigenvalue weighted by Crippen LogP contribution is 2.30. The smallest absolute Gasteiger partial charge is 0.317 e. The molecule has 1 aliphatic rings. The molecule has 2 amide bonds. The molecule has 3 rings (SSSR count). The van der Waals surface area contributed by atoms with Gasteiger partial charge in [-0.15, -0.1) is 0 Å². The molecule has 1 aliphatic heterocycles. The maximum atomic E-state index is 14.7. The first-order valence-electron chi connectivity index (χ1n) is 11.8. The molecule has 1 saturated heterocycles. The Morgan fingerprint density at radius 2 is 1.82 bits per heavy atom. The normalized spacial score (nSPS) is 14.3. The van der Waals surface area contributed by atoms with Crippen LogP contribution in [0.15, 0.2) is 18.2 Å². The highest BCUT2D eigenvalue weighted by molar-refractivity contribution is 6.31. The summed E-state index contributed by atoms with van der Waals surface area (Å²) in [6.45, 7) is 12.8. The maximum absolute atomic E-state index is 14.7. The van der Waals surface area contributed by atoms with Crippen LogP contribution in [0.1, 0.15) is 57.3 Å². The van der Waals surface area contributed by atoms with Crippen molar-refractivity contribution in [3.63, 3.8) is 0 Å². The second kappa shape index (κ2) is 11.1. The van der Waals surface area contributed by atoms with E-state index in [2.05, 4.69) is 31.0 Å². The molecule has 6 nitrogen and oxygen atoms in total. The third-order valence-electron chi connectivity index (χ3n) is 5.74. The Morgan fingerprint density at radius 3 is 2.39 bits per heavy atom. The van der Waals surface area contributed by atoms with Crippen molar-refractivity contribution in [2.75, 3.05) is 31.1 Å². The quantitative estimate of drug-likeness (QED) is 0.621. The van der Waals surface area contributed by atoms with Crippen LogP contribution in [-0.4, -0.2) is 53.1 Å². The predicted octanol–water partition coefficient (Wildman–Crippen LogP) is 4.86. The summed E-state index contributed by atoms with van der Waals surface area (Å²) in [5, 5.41) is 3.37. The monoisotopic (exact) mass is 475 g/mol. The summed E-state index contributed by atoms with van der Waals surface area (Å²) in [7, 11) is 0. The molecule has 0 unspecified atom stereocenters. The summed E-state index contributed by atoms with van der Waals surface area (Å²) in [5.41, 5.74) is 2.30. The van der Waals surface area contributed by atoms with Gasteiger partial charge in [0.15, 0.2) is 0 Å². The summed E-state index contributed by atoms with van der Waals surface area (Å²) < 4.78 is 14.7. The molecule has 180 valence electrons. The Morgan fingerprint density at radius 1 is 1.12 bits per heavy atom. The Balaban J connectivity index is 1.95. The van der Waals surface area contributed by atoms with E-state index in [9.17, 15) is 9.18 Å². The number of hydrogen-bond acceptors (Lipinski definition) is 4. The zero-order chi connectivity index (χ0) is 24.1. The van der Waals surface area contributed by atoms with Crippen LogP contribution in [0, 0.1) is 11.7 Å². The van der Waals surface area contributed by atoms with Crippen LogP contribution >= 0.6 is 11.6 Å². The van der Waals surface area contributed by atoms with E-state index in [-0.39, 0.29) is 17.9 Å². The molecule has 0 saturated carbocycles. The highest BCUT2D eigenvalue weighted by atomic mass is 35.5. The standard InChI is InChI=1S/C25H35ClFN5O/c1-6-22-19(15-18-20(26)8-7-9-21(18)27)24(30-23(29-22)14-16(2)3)31-10-12-32(13-11-31)25(33)28-17(4)5/h7-9,16-17H,6,10-15H2,1-5H3,(H,28,33). The molecular weight excluding hydrogens is 441 g/mol. The van der Waals surface area contributed by atoms with Gasteiger partial charge < -0.3 is 15.1 Å². The number of rotatable bonds is 7. The molecule has 2 aromatic rings. The van der Waals surface area contributed by atoms with Crippen molar-refractivity contribution in [1.82, 2.24) is 20.2 Å². The van der Waals surface area contributed by atoms with E-state index in [1.165, 1.54) is 6.07 Å². The SMILES string of the molecule is CCc1nc(CC(C)C)nc(N2CCN(C(=O)NC(C)C)CC2)c1Cc1c(F)cccc1Cl. The van der Waals surface area contributed by atoms with Gasteiger partial charge in [-0.1, -0.05) is 38.4 Å². The number of piperazine rings is 1. The third-order valence-corrected chi connectivity index (χ3v) is 6.09. The van der Waals surface area contributed by atoms with E-state index in [0.717, 1.165) is 35.7 Å². The number of aryl methyl sites for hydroxylation is 1. The number of urea groups is 1. The van der Waals surface area contributed by atoms with Crippen molar-refractivity contribution in [2.45, 2.75) is 59.9 Å². The van der Waals surface area contributed by atoms with Gasteiger partial charge in [0, 0.05) is 66.9 Å². The van der Waals surface area contributed by atoms with E-state index in [0.29, 0.717) is 49.1 Å². The van der Waals surface area contributed by atoms with Gasteiger partial charge in [-0.05, 0) is 38.3 Å². The van der Waals surface area contributed by atoms with Crippen LogP contribution in [0.25, 0.3) is 0 Å². The number of amides is 2. The molecule has 0 bridgehead atoms. The van der Waals surface area contributed by atoms with E-state index in [4.69, 9.17) is 21.6 Å². The van der Waals surface area contributed by atoms with Crippen molar-refractivity contribution in [3.8, 4) is 0 Å². The van der Waals surface area contributed by atoms with Crippen LogP contribution in [0.4, 0.5) is 15.0 Å². The van der Waals surface area contributed by atoms with Gasteiger partial charge >= 0.3 is 6.03 Å². The molecule has 0 radical (unpaired) electrons. The van der Waals surface area contributed by atoms with Gasteiger partial charge in [0.05, 0.1) is 0 Å². The minimum Gasteiger partial charge on any atom is -0.353 e. The van der Waals surface area contributed by atoms with Crippen molar-refractivity contribution >= 4 is 23.4 Å². The summed E-state index contributed by atoms with van der Waals surface area (Å²) in [5.74, 6) is 1.74. The van der Waals surface area contributed by atoms with Crippen LogP contribution in [0.3, 0.4) is 0 Å². The Labute approximate surface area is 201 Å². The number of nitrogens with zero attached hydrogens (tertiary/aromatic N) is 4. The second-order valence-electron chi connectivity index (χ2n) is 9.30. The van der Waals surface area contributed by atoms with E-state index in [1.54, 1.807) is 12.1 Å². The minimum atomic E-state index is -0.322. The molecular formula is C25H35ClFN5O. The first-order chi connectivity index (χ1) is 15.7. The summed E-state index contributed by atoms with van der Waals surface area (Å²) in [6.07, 6.45) is 1.83. The van der Waals surface area contributed by atoms with Crippen molar-refractivity contribution < 1.29 is 9.18 Å². The molecule has 1 aromatic heterocycles. The van der Waals surface area contributed by atoms with Crippen molar-refractivity contribution in [3.05, 3.63) is 51.7 Å². The van der Waals surface area contributed by atoms with Gasteiger partial charge in [-0.2, -0.15) is 0 Å². The summed E-state index contributed by atoms with van der Waals surface area (Å²) >= 11 is 6.36. The molecule has 8 heteroatoms. The third kappa shape index (κ3) is 6.34. The van der Waals surface area contributed by atoms with Gasteiger partial charge in [-0.3, -0.25) is 0 Å². The number of halogens is 2. The average molecular weight is 476 g/mol. The largest absolute Gasteiger partial charge is 0.353 e. The maximum Gasteiger partial charge on any atom is 0.317 e. The van der Waals surface area contributed by atoms with Crippen molar-refractivity contribution in [1.29, 1.82) is 0 Å². The van der Waals surface area contributed by atoms with E-state index < -0.39 is 0 Å². The molecule has 2 heterocycles. The number of nitrogens with one attached hydrogen (secondary N) is 1. The lowest BCUT2D eigenvalue weighted by molar-refractivity contribution is 0.191. The Hall–Kier alpha value is -2.41. The van der Waals surface area contributed by atoms with Crippen molar-refractivity contribution in [2.24, 2.45) is 5.92 Å². The second-order valence-corrected chi connectivity index (χ2v) is 9.70. The van der Waals surface area contributed by atoms with E-state index >= 15 is 0 Å². The van der Waals surface area contributed by atoms with Gasteiger partial charge in [0.25, 0.3) is 0 Å². The van der Waals surface area contributed by atoms with Crippen LogP contribution in [0.2, 0.25) is 5.02 Å². The zero-order valence-electron chi connectivity index (χ0n) is 20.3. The summed E-state index contributed by atoms with van der Waals surface area (Å²) in [4.78, 5) is 26.3. The van der Waals surface area contributed by atoms with Crippen LogP contribution in [-0.2, 0) is 19.3 Å². The number of carbonyl (C=O) groups is 1. The molecule has 0 aliphatic carbocycles. The molecule has 1 N–H and O–H groups in total. The molecule has 1 fully saturated rings. The zero-order valence-corrected chi connectivity index (χ0v) is 21.0. The number of hydrogen-bond donors (Lipinski definition) is 1. The molecule has 0 spiro atoms. The Bertz CT molecular complexity index is 953. The first-order valence-corrected chi connectivity index (χ1v) is 12.2. The minimum absolute atomic E-state index is 0.0413. The fourth-order valence-corrected chi connectivity index (χ4v) is 4.33. The Kier molecular flexibility index (Phi) is 8.51. The van der Waals surface area contributed by atoms with Crippen LogP contribution in [0.5, 0.6) is 0 Å². The number of anilines is 1. The fraction of sp³-hybridized carbons (Fsp3) is 0.560. The average Bonchev–Trinajstić information content (AvgIpc) is 2.76. The first kappa shape index (κ1) is 25.2. The van der Waals surface area contributed by atoms with Crippen LogP contribution < -0.4 is 10.2 Å². The van der Waals surface area contributed by atoms with Gasteiger partial charge in [-0.25, -0.2) is 19.2 Å². The summed E-state index contributed by atoms with van der Waals surface area (Å²) in [6, 6.07) is 4.82.